The third kappa shape index (κ3) is 4.17. The minimum Gasteiger partial charge on any atom is -0.428 e. The molecule has 4 aromatic rings. The predicted molar refractivity (Wildman–Crippen MR) is 131 cm³/mol. The Bertz CT molecular complexity index is 1220. The molecular weight excluding hydrogens is 404 g/mol. The first-order valence-electron chi connectivity index (χ1n) is 10.6. The quantitative estimate of drug-likeness (QED) is 0.185. The van der Waals surface area contributed by atoms with E-state index in [0.717, 1.165) is 5.56 Å². The SMILES string of the molecule is Cc1cc(-[s+]2c3ccccc3c3ccccc32)c(C(C)C)cc1OC(=O)OC(C)(C)C. The van der Waals surface area contributed by atoms with E-state index in [2.05, 4.69) is 68.4 Å². The van der Waals surface area contributed by atoms with Crippen molar-refractivity contribution in [3.05, 3.63) is 71.8 Å². The molecule has 0 aliphatic heterocycles. The molecule has 3 aromatic carbocycles. The summed E-state index contributed by atoms with van der Waals surface area (Å²) in [7, 11) is -0.192. The first-order valence-corrected chi connectivity index (χ1v) is 11.9. The number of carbonyl (C=O) groups excluding carboxylic acids is 1. The van der Waals surface area contributed by atoms with Gasteiger partial charge in [-0.15, -0.1) is 0 Å². The molecule has 1 aromatic heterocycles. The zero-order valence-electron chi connectivity index (χ0n) is 19.0. The molecule has 0 aliphatic carbocycles. The Morgan fingerprint density at radius 3 is 1.97 bits per heavy atom. The van der Waals surface area contributed by atoms with Gasteiger partial charge in [-0.25, -0.2) is 4.79 Å². The predicted octanol–water partition coefficient (Wildman–Crippen LogP) is 8.48. The molecule has 0 spiro atoms. The van der Waals surface area contributed by atoms with Crippen molar-refractivity contribution in [3.8, 4) is 10.6 Å². The standard InChI is InChI=1S/C27H29O3S/c1-17(2)21-16-22(29-26(28)30-27(4,5)6)18(3)15-25(21)31-23-13-9-7-11-19(23)20-12-8-10-14-24(20)31/h7-17H,1-6H3/q+1. The van der Waals surface area contributed by atoms with Crippen molar-refractivity contribution >= 4 is 36.8 Å². The van der Waals surface area contributed by atoms with Crippen LogP contribution < -0.4 is 4.74 Å². The van der Waals surface area contributed by atoms with E-state index in [0.29, 0.717) is 5.75 Å². The highest BCUT2D eigenvalue weighted by Gasteiger charge is 2.28. The van der Waals surface area contributed by atoms with Gasteiger partial charge in [-0.05, 0) is 69.5 Å². The Hall–Kier alpha value is -2.85. The summed E-state index contributed by atoms with van der Waals surface area (Å²) in [4.78, 5) is 13.6. The lowest BCUT2D eigenvalue weighted by molar-refractivity contribution is 0.0204. The van der Waals surface area contributed by atoms with Crippen molar-refractivity contribution < 1.29 is 14.3 Å². The second kappa shape index (κ2) is 8.01. The average Bonchev–Trinajstić information content (AvgIpc) is 3.02. The molecule has 0 radical (unpaired) electrons. The Balaban J connectivity index is 1.90. The van der Waals surface area contributed by atoms with Gasteiger partial charge in [0.15, 0.2) is 14.3 Å². The maximum absolute atomic E-state index is 12.3. The number of rotatable bonds is 3. The lowest BCUT2D eigenvalue weighted by Crippen LogP contribution is -2.26. The molecule has 0 bridgehead atoms. The molecule has 0 atom stereocenters. The van der Waals surface area contributed by atoms with E-state index in [1.165, 1.54) is 30.6 Å². The molecule has 4 heteroatoms. The van der Waals surface area contributed by atoms with Crippen LogP contribution in [0, 0.1) is 6.92 Å². The minimum atomic E-state index is -0.669. The van der Waals surface area contributed by atoms with Crippen molar-refractivity contribution in [2.24, 2.45) is 0 Å². The van der Waals surface area contributed by atoms with Gasteiger partial charge < -0.3 is 9.47 Å². The highest BCUT2D eigenvalue weighted by molar-refractivity contribution is 7.50. The molecule has 0 saturated heterocycles. The molecule has 0 saturated carbocycles. The number of hydrogen-bond acceptors (Lipinski definition) is 3. The van der Waals surface area contributed by atoms with E-state index in [1.807, 2.05) is 33.8 Å². The van der Waals surface area contributed by atoms with E-state index in [1.54, 1.807) is 0 Å². The van der Waals surface area contributed by atoms with E-state index < -0.39 is 11.8 Å². The van der Waals surface area contributed by atoms with Crippen molar-refractivity contribution in [2.45, 2.75) is 53.1 Å². The first kappa shape index (κ1) is 21.4. The maximum atomic E-state index is 12.3. The number of aryl methyl sites for hydroxylation is 1. The van der Waals surface area contributed by atoms with E-state index >= 15 is 0 Å². The van der Waals surface area contributed by atoms with Crippen LogP contribution in [0.3, 0.4) is 0 Å². The monoisotopic (exact) mass is 433 g/mol. The molecule has 31 heavy (non-hydrogen) atoms. The van der Waals surface area contributed by atoms with E-state index in [9.17, 15) is 4.79 Å². The molecule has 1 heterocycles. The smallest absolute Gasteiger partial charge is 0.428 e. The number of fused-ring (bicyclic) bond motifs is 3. The van der Waals surface area contributed by atoms with Crippen molar-refractivity contribution in [2.75, 3.05) is 0 Å². The van der Waals surface area contributed by atoms with Crippen LogP contribution in [-0.4, -0.2) is 11.8 Å². The normalized spacial score (nSPS) is 12.0. The summed E-state index contributed by atoms with van der Waals surface area (Å²) in [5.74, 6) is 0.843. The lowest BCUT2D eigenvalue weighted by Gasteiger charge is -2.19. The van der Waals surface area contributed by atoms with Gasteiger partial charge in [0, 0.05) is 32.9 Å². The third-order valence-electron chi connectivity index (χ3n) is 5.24. The van der Waals surface area contributed by atoms with Crippen LogP contribution in [0.25, 0.3) is 25.1 Å². The van der Waals surface area contributed by atoms with Gasteiger partial charge in [0.05, 0.1) is 0 Å². The van der Waals surface area contributed by atoms with Crippen LogP contribution in [0.1, 0.15) is 51.7 Å². The van der Waals surface area contributed by atoms with E-state index in [4.69, 9.17) is 9.47 Å². The summed E-state index contributed by atoms with van der Waals surface area (Å²) >= 11 is 0. The zero-order chi connectivity index (χ0) is 22.3. The Labute approximate surface area is 186 Å². The van der Waals surface area contributed by atoms with Crippen LogP contribution in [0.4, 0.5) is 4.79 Å². The van der Waals surface area contributed by atoms with Gasteiger partial charge >= 0.3 is 6.16 Å². The summed E-state index contributed by atoms with van der Waals surface area (Å²) in [6, 6.07) is 21.6. The minimum absolute atomic E-state index is 0.192. The summed E-state index contributed by atoms with van der Waals surface area (Å²) in [5.41, 5.74) is 1.53. The van der Waals surface area contributed by atoms with Gasteiger partial charge in [0.1, 0.15) is 11.4 Å². The van der Waals surface area contributed by atoms with Crippen molar-refractivity contribution in [1.82, 2.24) is 0 Å². The Kier molecular flexibility index (Phi) is 5.52. The molecule has 0 amide bonds. The van der Waals surface area contributed by atoms with Crippen molar-refractivity contribution in [1.29, 1.82) is 0 Å². The molecule has 160 valence electrons. The molecular formula is C27H29O3S+. The largest absolute Gasteiger partial charge is 0.514 e. The van der Waals surface area contributed by atoms with Gasteiger partial charge in [0.2, 0.25) is 0 Å². The molecule has 3 nitrogen and oxygen atoms in total. The van der Waals surface area contributed by atoms with Crippen LogP contribution in [0.5, 0.6) is 5.75 Å². The molecule has 0 N–H and O–H groups in total. The van der Waals surface area contributed by atoms with Crippen molar-refractivity contribution in [3.63, 3.8) is 0 Å². The van der Waals surface area contributed by atoms with Gasteiger partial charge in [-0.3, -0.25) is 0 Å². The van der Waals surface area contributed by atoms with Gasteiger partial charge in [0.25, 0.3) is 0 Å². The fourth-order valence-electron chi connectivity index (χ4n) is 3.87. The zero-order valence-corrected chi connectivity index (χ0v) is 19.8. The maximum Gasteiger partial charge on any atom is 0.514 e. The van der Waals surface area contributed by atoms with Crippen LogP contribution >= 0.6 is 10.5 Å². The number of hydrogen-bond donors (Lipinski definition) is 0. The fourth-order valence-corrected chi connectivity index (χ4v) is 6.63. The topological polar surface area (TPSA) is 35.5 Å². The number of ether oxygens (including phenoxy) is 2. The number of thiophene rings is 1. The number of carbonyl (C=O) groups is 1. The summed E-state index contributed by atoms with van der Waals surface area (Å²) < 4.78 is 13.7. The third-order valence-corrected chi connectivity index (χ3v) is 7.62. The fraction of sp³-hybridized carbons (Fsp3) is 0.296. The molecule has 0 fully saturated rings. The second-order valence-electron chi connectivity index (χ2n) is 9.18. The Morgan fingerprint density at radius 1 is 0.903 bits per heavy atom. The van der Waals surface area contributed by atoms with Gasteiger partial charge in [-0.2, -0.15) is 0 Å². The Morgan fingerprint density at radius 2 is 1.45 bits per heavy atom. The van der Waals surface area contributed by atoms with Crippen LogP contribution in [0.15, 0.2) is 60.7 Å². The summed E-state index contributed by atoms with van der Waals surface area (Å²) in [6.45, 7) is 11.9. The van der Waals surface area contributed by atoms with Gasteiger partial charge in [-0.1, -0.05) is 38.1 Å². The van der Waals surface area contributed by atoms with E-state index in [-0.39, 0.29) is 16.4 Å². The summed E-state index contributed by atoms with van der Waals surface area (Å²) in [5, 5.41) is 2.62. The van der Waals surface area contributed by atoms with Crippen LogP contribution in [0.2, 0.25) is 0 Å². The summed E-state index contributed by atoms with van der Waals surface area (Å²) in [6.07, 6.45) is -0.669. The lowest BCUT2D eigenvalue weighted by atomic mass is 10.0. The highest BCUT2D eigenvalue weighted by Crippen LogP contribution is 2.51. The number of benzene rings is 3. The van der Waals surface area contributed by atoms with Crippen LogP contribution in [-0.2, 0) is 4.74 Å². The first-order chi connectivity index (χ1) is 14.7. The average molecular weight is 434 g/mol. The molecule has 0 aliphatic rings. The second-order valence-corrected chi connectivity index (χ2v) is 11.1. The molecule has 4 rings (SSSR count). The molecule has 0 unspecified atom stereocenters. The highest BCUT2D eigenvalue weighted by atomic mass is 32.2.